The summed E-state index contributed by atoms with van der Waals surface area (Å²) in [5.74, 6) is 0.859. The van der Waals surface area contributed by atoms with E-state index in [1.165, 1.54) is 11.3 Å². The second-order valence-corrected chi connectivity index (χ2v) is 4.03. The Labute approximate surface area is 96.2 Å². The number of methoxy groups -OCH3 is 1. The molecule has 1 aliphatic heterocycles. The minimum Gasteiger partial charge on any atom is -0.468 e. The molecule has 0 aliphatic carbocycles. The van der Waals surface area contributed by atoms with Gasteiger partial charge in [0.15, 0.2) is 6.79 Å². The third kappa shape index (κ3) is 2.65. The molecule has 1 aromatic carbocycles. The van der Waals surface area contributed by atoms with Gasteiger partial charge < -0.3 is 19.7 Å². The predicted octanol–water partition coefficient (Wildman–Crippen LogP) is 1.53. The van der Waals surface area contributed by atoms with E-state index in [9.17, 15) is 0 Å². The fourth-order valence-corrected chi connectivity index (χ4v) is 1.84. The highest BCUT2D eigenvalue weighted by molar-refractivity contribution is 5.54. The molecule has 1 N–H and O–H groups in total. The maximum absolute atomic E-state index is 5.43. The van der Waals surface area contributed by atoms with Crippen LogP contribution in [0.15, 0.2) is 18.2 Å². The van der Waals surface area contributed by atoms with Gasteiger partial charge >= 0.3 is 0 Å². The van der Waals surface area contributed by atoms with E-state index in [1.807, 2.05) is 6.07 Å². The number of anilines is 1. The van der Waals surface area contributed by atoms with Gasteiger partial charge in [0.25, 0.3) is 0 Å². The molecule has 0 saturated carbocycles. The van der Waals surface area contributed by atoms with Crippen LogP contribution in [0.3, 0.4) is 0 Å². The van der Waals surface area contributed by atoms with E-state index in [-0.39, 0.29) is 0 Å². The van der Waals surface area contributed by atoms with Crippen molar-refractivity contribution in [3.05, 3.63) is 23.8 Å². The molecule has 0 atom stereocenters. The summed E-state index contributed by atoms with van der Waals surface area (Å²) < 4.78 is 10.3. The minimum atomic E-state index is 0.294. The maximum atomic E-state index is 5.43. The van der Waals surface area contributed by atoms with E-state index < -0.39 is 0 Å². The monoisotopic (exact) mass is 222 g/mol. The van der Waals surface area contributed by atoms with Crippen LogP contribution in [-0.4, -0.2) is 38.9 Å². The van der Waals surface area contributed by atoms with E-state index in [0.29, 0.717) is 6.79 Å². The van der Waals surface area contributed by atoms with Crippen molar-refractivity contribution in [2.24, 2.45) is 0 Å². The second-order valence-electron chi connectivity index (χ2n) is 4.03. The van der Waals surface area contributed by atoms with E-state index in [2.05, 4.69) is 29.4 Å². The number of nitrogens with zero attached hydrogens (tertiary/aromatic N) is 1. The lowest BCUT2D eigenvalue weighted by Crippen LogP contribution is -2.20. The van der Waals surface area contributed by atoms with Crippen LogP contribution in [0.2, 0.25) is 0 Å². The zero-order valence-electron chi connectivity index (χ0n) is 9.82. The van der Waals surface area contributed by atoms with Gasteiger partial charge in [-0.15, -0.1) is 0 Å². The second kappa shape index (κ2) is 5.18. The number of ether oxygens (including phenoxy) is 2. The molecule has 0 radical (unpaired) electrons. The van der Waals surface area contributed by atoms with Gasteiger partial charge in [-0.25, -0.2) is 0 Å². The zero-order chi connectivity index (χ0) is 11.4. The Balaban J connectivity index is 2.16. The lowest BCUT2D eigenvalue weighted by Gasteiger charge is -2.13. The molecule has 2 rings (SSSR count). The molecular formula is C12H18N2O2. The zero-order valence-corrected chi connectivity index (χ0v) is 9.82. The van der Waals surface area contributed by atoms with Gasteiger partial charge in [-0.3, -0.25) is 0 Å². The first-order valence-corrected chi connectivity index (χ1v) is 5.46. The SMILES string of the molecule is COCOc1ccc2c(c1)CN(C)CCN2. The van der Waals surface area contributed by atoms with E-state index in [0.717, 1.165) is 25.4 Å². The van der Waals surface area contributed by atoms with Gasteiger partial charge in [0.1, 0.15) is 5.75 Å². The van der Waals surface area contributed by atoms with Crippen molar-refractivity contribution in [3.8, 4) is 5.75 Å². The molecule has 4 heteroatoms. The largest absolute Gasteiger partial charge is 0.468 e. The first-order chi connectivity index (χ1) is 7.79. The number of nitrogens with one attached hydrogen (secondary N) is 1. The number of fused-ring (bicyclic) bond motifs is 1. The van der Waals surface area contributed by atoms with Gasteiger partial charge in [0, 0.05) is 32.4 Å². The van der Waals surface area contributed by atoms with Crippen molar-refractivity contribution in [3.63, 3.8) is 0 Å². The molecule has 16 heavy (non-hydrogen) atoms. The molecule has 1 aromatic rings. The molecule has 0 unspecified atom stereocenters. The first-order valence-electron chi connectivity index (χ1n) is 5.46. The number of hydrogen-bond donors (Lipinski definition) is 1. The van der Waals surface area contributed by atoms with E-state index in [1.54, 1.807) is 7.11 Å². The average Bonchev–Trinajstić information content (AvgIpc) is 2.46. The van der Waals surface area contributed by atoms with Gasteiger partial charge in [0.2, 0.25) is 0 Å². The molecule has 1 heterocycles. The minimum absolute atomic E-state index is 0.294. The van der Waals surface area contributed by atoms with Gasteiger partial charge in [-0.2, -0.15) is 0 Å². The molecule has 4 nitrogen and oxygen atoms in total. The molecular weight excluding hydrogens is 204 g/mol. The number of likely N-dealkylation sites (N-methyl/N-ethyl adjacent to an activating group) is 1. The quantitative estimate of drug-likeness (QED) is 0.786. The highest BCUT2D eigenvalue weighted by Crippen LogP contribution is 2.24. The summed E-state index contributed by atoms with van der Waals surface area (Å²) in [7, 11) is 3.75. The Morgan fingerprint density at radius 1 is 1.44 bits per heavy atom. The van der Waals surface area contributed by atoms with Crippen molar-refractivity contribution >= 4 is 5.69 Å². The molecule has 88 valence electrons. The number of benzene rings is 1. The molecule has 0 amide bonds. The van der Waals surface area contributed by atoms with Crippen LogP contribution in [-0.2, 0) is 11.3 Å². The van der Waals surface area contributed by atoms with Crippen molar-refractivity contribution in [1.29, 1.82) is 0 Å². The summed E-state index contributed by atoms with van der Waals surface area (Å²) in [6, 6.07) is 6.11. The highest BCUT2D eigenvalue weighted by Gasteiger charge is 2.11. The topological polar surface area (TPSA) is 33.7 Å². The van der Waals surface area contributed by atoms with Gasteiger partial charge in [0.05, 0.1) is 0 Å². The maximum Gasteiger partial charge on any atom is 0.188 e. The summed E-state index contributed by atoms with van der Waals surface area (Å²) in [5, 5.41) is 3.41. The third-order valence-corrected chi connectivity index (χ3v) is 2.67. The van der Waals surface area contributed by atoms with Crippen LogP contribution in [0, 0.1) is 0 Å². The standard InChI is InChI=1S/C12H18N2O2/c1-14-6-5-13-12-4-3-11(16-9-15-2)7-10(12)8-14/h3-4,7,13H,5-6,8-9H2,1-2H3. The van der Waals surface area contributed by atoms with E-state index in [4.69, 9.17) is 9.47 Å². The molecule has 0 bridgehead atoms. The molecule has 0 aromatic heterocycles. The normalized spacial score (nSPS) is 16.1. The number of hydrogen-bond acceptors (Lipinski definition) is 4. The summed E-state index contributed by atoms with van der Waals surface area (Å²) in [6.07, 6.45) is 0. The smallest absolute Gasteiger partial charge is 0.188 e. The molecule has 0 spiro atoms. The van der Waals surface area contributed by atoms with Crippen LogP contribution < -0.4 is 10.1 Å². The fourth-order valence-electron chi connectivity index (χ4n) is 1.84. The molecule has 0 fully saturated rings. The molecule has 0 saturated heterocycles. The number of rotatable bonds is 3. The van der Waals surface area contributed by atoms with Crippen molar-refractivity contribution in [2.45, 2.75) is 6.54 Å². The van der Waals surface area contributed by atoms with Crippen molar-refractivity contribution in [1.82, 2.24) is 4.90 Å². The van der Waals surface area contributed by atoms with Crippen LogP contribution >= 0.6 is 0 Å². The summed E-state index contributed by atoms with van der Waals surface area (Å²) in [6.45, 7) is 3.29. The Morgan fingerprint density at radius 2 is 2.31 bits per heavy atom. The Bertz CT molecular complexity index is 355. The van der Waals surface area contributed by atoms with Gasteiger partial charge in [-0.05, 0) is 30.8 Å². The summed E-state index contributed by atoms with van der Waals surface area (Å²) in [4.78, 5) is 2.29. The van der Waals surface area contributed by atoms with Gasteiger partial charge in [-0.1, -0.05) is 0 Å². The molecule has 1 aliphatic rings. The van der Waals surface area contributed by atoms with Crippen LogP contribution in [0.25, 0.3) is 0 Å². The Morgan fingerprint density at radius 3 is 3.12 bits per heavy atom. The Kier molecular flexibility index (Phi) is 3.64. The third-order valence-electron chi connectivity index (χ3n) is 2.67. The van der Waals surface area contributed by atoms with Crippen molar-refractivity contribution < 1.29 is 9.47 Å². The van der Waals surface area contributed by atoms with Crippen LogP contribution in [0.5, 0.6) is 5.75 Å². The average molecular weight is 222 g/mol. The lowest BCUT2D eigenvalue weighted by molar-refractivity contribution is 0.0510. The van der Waals surface area contributed by atoms with Crippen LogP contribution in [0.1, 0.15) is 5.56 Å². The van der Waals surface area contributed by atoms with Crippen molar-refractivity contribution in [2.75, 3.05) is 39.4 Å². The van der Waals surface area contributed by atoms with E-state index >= 15 is 0 Å². The lowest BCUT2D eigenvalue weighted by atomic mass is 10.1. The highest BCUT2D eigenvalue weighted by atomic mass is 16.7. The summed E-state index contributed by atoms with van der Waals surface area (Å²) in [5.41, 5.74) is 2.47. The first kappa shape index (κ1) is 11.2. The predicted molar refractivity (Wildman–Crippen MR) is 63.8 cm³/mol. The summed E-state index contributed by atoms with van der Waals surface area (Å²) >= 11 is 0. The Hall–Kier alpha value is -1.26. The van der Waals surface area contributed by atoms with Crippen LogP contribution in [0.4, 0.5) is 5.69 Å². The fraction of sp³-hybridized carbons (Fsp3) is 0.500.